The summed E-state index contributed by atoms with van der Waals surface area (Å²) < 4.78 is 5.44. The largest absolute Gasteiger partial charge is 0.390 e. The maximum Gasteiger partial charge on any atom is 0.256 e. The molecule has 0 unspecified atom stereocenters. The Morgan fingerprint density at radius 2 is 1.42 bits per heavy atom. The van der Waals surface area contributed by atoms with E-state index in [1.807, 2.05) is 34.6 Å². The molecule has 14 heteroatoms. The molecular weight excluding hydrogens is 660 g/mol. The second kappa shape index (κ2) is 21.8. The van der Waals surface area contributed by atoms with E-state index in [-0.39, 0.29) is 42.5 Å². The molecule has 0 bridgehead atoms. The number of carbonyl (C=O) groups excluding carboxylic acids is 5. The smallest absolute Gasteiger partial charge is 0.256 e. The van der Waals surface area contributed by atoms with Crippen LogP contribution in [0.4, 0.5) is 0 Å². The lowest BCUT2D eigenvalue weighted by atomic mass is 9.95. The number of ether oxygens (including phenoxy) is 1. The van der Waals surface area contributed by atoms with Crippen LogP contribution in [0.3, 0.4) is 0 Å². The molecule has 4 atom stereocenters. The molecule has 50 heavy (non-hydrogen) atoms. The van der Waals surface area contributed by atoms with Crippen LogP contribution in [0, 0.1) is 11.8 Å². The van der Waals surface area contributed by atoms with E-state index in [0.29, 0.717) is 31.8 Å². The zero-order valence-corrected chi connectivity index (χ0v) is 33.7. The van der Waals surface area contributed by atoms with Gasteiger partial charge in [0.05, 0.1) is 18.8 Å². The van der Waals surface area contributed by atoms with Crippen LogP contribution in [0.5, 0.6) is 0 Å². The number of nitrogens with one attached hydrogen (secondary N) is 2. The summed E-state index contributed by atoms with van der Waals surface area (Å²) in [7, 11) is 4.69. The molecule has 0 aromatic rings. The summed E-state index contributed by atoms with van der Waals surface area (Å²) in [6.45, 7) is 20.3. The summed E-state index contributed by atoms with van der Waals surface area (Å²) in [5.41, 5.74) is -1.34. The highest BCUT2D eigenvalue weighted by Gasteiger charge is 2.40. The van der Waals surface area contributed by atoms with Gasteiger partial charge in [-0.1, -0.05) is 34.6 Å². The average molecular weight is 729 g/mol. The van der Waals surface area contributed by atoms with E-state index in [2.05, 4.69) is 15.5 Å². The zero-order valence-electron chi connectivity index (χ0n) is 32.9. The van der Waals surface area contributed by atoms with E-state index in [0.717, 1.165) is 26.1 Å². The van der Waals surface area contributed by atoms with E-state index in [1.54, 1.807) is 41.8 Å². The van der Waals surface area contributed by atoms with Crippen molar-refractivity contribution in [2.45, 2.75) is 130 Å². The minimum absolute atomic E-state index is 0.107. The van der Waals surface area contributed by atoms with Crippen LogP contribution >= 0.6 is 11.8 Å². The number of amides is 5. The van der Waals surface area contributed by atoms with Crippen molar-refractivity contribution >= 4 is 41.3 Å². The highest BCUT2D eigenvalue weighted by molar-refractivity contribution is 8.00. The molecule has 0 saturated carbocycles. The predicted octanol–water partition coefficient (Wildman–Crippen LogP) is 2.55. The van der Waals surface area contributed by atoms with Crippen LogP contribution in [-0.2, 0) is 28.7 Å². The van der Waals surface area contributed by atoms with Crippen LogP contribution < -0.4 is 10.6 Å². The number of thioether (sulfide) groups is 1. The van der Waals surface area contributed by atoms with Crippen molar-refractivity contribution in [3.63, 3.8) is 0 Å². The molecule has 1 fully saturated rings. The predicted molar refractivity (Wildman–Crippen MR) is 199 cm³/mol. The Balaban J connectivity index is 3.33. The first-order valence-electron chi connectivity index (χ1n) is 18.3. The zero-order chi connectivity index (χ0) is 38.3. The molecule has 290 valence electrons. The lowest BCUT2D eigenvalue weighted by Gasteiger charge is -2.38. The molecule has 0 aromatic heterocycles. The van der Waals surface area contributed by atoms with Crippen molar-refractivity contribution in [1.29, 1.82) is 0 Å². The second-order valence-electron chi connectivity index (χ2n) is 15.3. The van der Waals surface area contributed by atoms with Gasteiger partial charge in [0.25, 0.3) is 5.91 Å². The Kier molecular flexibility index (Phi) is 19.9. The quantitative estimate of drug-likeness (QED) is 0.120. The topological polar surface area (TPSA) is 152 Å². The third-order valence-corrected chi connectivity index (χ3v) is 10.1. The summed E-state index contributed by atoms with van der Waals surface area (Å²) in [5, 5.41) is 15.8. The summed E-state index contributed by atoms with van der Waals surface area (Å²) >= 11 is 1.36. The normalized spacial score (nSPS) is 16.5. The molecule has 1 aliphatic rings. The van der Waals surface area contributed by atoms with Gasteiger partial charge in [-0.3, -0.25) is 28.9 Å². The maximum absolute atomic E-state index is 14.2. The number of rotatable bonds is 21. The molecule has 13 nitrogen and oxygen atoms in total. The number of hydrogen-bond donors (Lipinski definition) is 3. The SMILES string of the molecule is CCCC(=O)N(C)[C@H](SCCCN1CCOCC1)C(=O)N(C)[C@@H](CC(C)(C)O)C(=O)N[C@H](C(=O)N(C)[C@@H](CC(C)C)C(=O)NC(C)C)C(C)C. The minimum Gasteiger partial charge on any atom is -0.390 e. The van der Waals surface area contributed by atoms with E-state index < -0.39 is 46.8 Å². The van der Waals surface area contributed by atoms with Crippen LogP contribution in [0.25, 0.3) is 0 Å². The van der Waals surface area contributed by atoms with Gasteiger partial charge in [0.2, 0.25) is 23.6 Å². The van der Waals surface area contributed by atoms with Crippen LogP contribution in [0.2, 0.25) is 0 Å². The van der Waals surface area contributed by atoms with Crippen LogP contribution in [0.1, 0.15) is 94.4 Å². The van der Waals surface area contributed by atoms with Gasteiger partial charge in [-0.25, -0.2) is 0 Å². The van der Waals surface area contributed by atoms with Gasteiger partial charge in [0.15, 0.2) is 5.37 Å². The van der Waals surface area contributed by atoms with Crippen LogP contribution in [0.15, 0.2) is 0 Å². The number of carbonyl (C=O) groups is 5. The minimum atomic E-state index is -1.34. The van der Waals surface area contributed by atoms with Gasteiger partial charge in [0, 0.05) is 53.1 Å². The molecule has 0 aliphatic carbocycles. The fourth-order valence-corrected chi connectivity index (χ4v) is 6.96. The van der Waals surface area contributed by atoms with Crippen molar-refractivity contribution in [3.8, 4) is 0 Å². The molecule has 1 heterocycles. The maximum atomic E-state index is 14.2. The molecule has 1 rings (SSSR count). The molecule has 0 radical (unpaired) electrons. The molecule has 0 aromatic carbocycles. The Labute approximate surface area is 305 Å². The van der Waals surface area contributed by atoms with Crippen LogP contribution in [-0.4, -0.2) is 149 Å². The van der Waals surface area contributed by atoms with E-state index in [9.17, 15) is 29.1 Å². The first kappa shape index (κ1) is 45.6. The number of likely N-dealkylation sites (N-methyl/N-ethyl adjacent to an activating group) is 3. The van der Waals surface area contributed by atoms with Gasteiger partial charge in [-0.05, 0) is 71.1 Å². The molecule has 0 spiro atoms. The Hall–Kier alpha value is -2.42. The van der Waals surface area contributed by atoms with E-state index in [4.69, 9.17) is 4.74 Å². The van der Waals surface area contributed by atoms with Gasteiger partial charge in [-0.2, -0.15) is 0 Å². The third-order valence-electron chi connectivity index (χ3n) is 8.70. The summed E-state index contributed by atoms with van der Waals surface area (Å²) in [6.07, 6.45) is 2.05. The van der Waals surface area contributed by atoms with E-state index in [1.165, 1.54) is 33.5 Å². The monoisotopic (exact) mass is 728 g/mol. The van der Waals surface area contributed by atoms with E-state index >= 15 is 0 Å². The Bertz CT molecular complexity index is 1090. The number of hydrogen-bond acceptors (Lipinski definition) is 9. The molecule has 3 N–H and O–H groups in total. The molecule has 5 amide bonds. The fraction of sp³-hybridized carbons (Fsp3) is 0.861. The van der Waals surface area contributed by atoms with Gasteiger partial charge in [0.1, 0.15) is 18.1 Å². The third kappa shape index (κ3) is 15.4. The molecule has 1 saturated heterocycles. The van der Waals surface area contributed by atoms with Crippen molar-refractivity contribution in [2.24, 2.45) is 11.8 Å². The Morgan fingerprint density at radius 3 is 1.92 bits per heavy atom. The first-order valence-corrected chi connectivity index (χ1v) is 19.3. The molecule has 1 aliphatic heterocycles. The average Bonchev–Trinajstić information content (AvgIpc) is 3.02. The number of morpholine rings is 1. The molecular formula is C36H68N6O7S. The highest BCUT2D eigenvalue weighted by atomic mass is 32.2. The van der Waals surface area contributed by atoms with Gasteiger partial charge < -0.3 is 35.2 Å². The Morgan fingerprint density at radius 1 is 0.860 bits per heavy atom. The first-order chi connectivity index (χ1) is 23.2. The highest BCUT2D eigenvalue weighted by Crippen LogP contribution is 2.24. The van der Waals surface area contributed by atoms with Gasteiger partial charge in [-0.15, -0.1) is 11.8 Å². The van der Waals surface area contributed by atoms with Crippen molar-refractivity contribution in [1.82, 2.24) is 30.2 Å². The summed E-state index contributed by atoms with van der Waals surface area (Å²) in [5.74, 6) is -1.51. The number of aliphatic hydroxyl groups is 1. The number of nitrogens with zero attached hydrogens (tertiary/aromatic N) is 4. The summed E-state index contributed by atoms with van der Waals surface area (Å²) in [6, 6.07) is -3.00. The van der Waals surface area contributed by atoms with Gasteiger partial charge >= 0.3 is 0 Å². The fourth-order valence-electron chi connectivity index (χ4n) is 5.79. The van der Waals surface area contributed by atoms with Crippen molar-refractivity contribution < 1.29 is 33.8 Å². The lowest BCUT2D eigenvalue weighted by Crippen LogP contribution is -2.60. The van der Waals surface area contributed by atoms with Crippen molar-refractivity contribution in [3.05, 3.63) is 0 Å². The second-order valence-corrected chi connectivity index (χ2v) is 16.4. The summed E-state index contributed by atoms with van der Waals surface area (Å²) in [4.78, 5) is 75.0. The lowest BCUT2D eigenvalue weighted by molar-refractivity contribution is -0.148. The van der Waals surface area contributed by atoms with Crippen molar-refractivity contribution in [2.75, 3.05) is 59.7 Å². The standard InChI is InChI=1S/C36H68N6O7S/c1-13-15-29(43)41(12)35(50-21-14-16-42-17-19-49-20-18-42)34(47)40(11)28(23-36(8,9)48)32(45)38-30(25(4)5)33(46)39(10)27(22-24(2)3)31(44)37-26(6)7/h24-28,30,35,48H,13-23H2,1-12H3,(H,37,44)(H,38,45)/t27-,28-,30-,35+/m0/s1.